The Hall–Kier alpha value is -1.04. The van der Waals surface area contributed by atoms with Crippen LogP contribution in [0.15, 0.2) is 42.5 Å². The van der Waals surface area contributed by atoms with Crippen molar-refractivity contribution in [3.8, 4) is 0 Å². The standard InChI is InChI=1S/C13H18/c1-3-4-6-9-12(2)13-10-7-5-8-11-13/h4-8,10-12H,3,9H2,1-2H3/b6-4-. The third-order valence-electron chi connectivity index (χ3n) is 2.26. The Labute approximate surface area is 81.3 Å². The molecule has 0 aromatic heterocycles. The van der Waals surface area contributed by atoms with Crippen LogP contribution in [-0.2, 0) is 0 Å². The van der Waals surface area contributed by atoms with Crippen LogP contribution in [0, 0.1) is 0 Å². The summed E-state index contributed by atoms with van der Waals surface area (Å²) in [4.78, 5) is 0. The van der Waals surface area contributed by atoms with E-state index >= 15 is 0 Å². The lowest BCUT2D eigenvalue weighted by Crippen LogP contribution is -1.90. The summed E-state index contributed by atoms with van der Waals surface area (Å²) in [6.07, 6.45) is 6.80. The topological polar surface area (TPSA) is 0 Å². The van der Waals surface area contributed by atoms with E-state index in [9.17, 15) is 0 Å². The van der Waals surface area contributed by atoms with Gasteiger partial charge in [-0.05, 0) is 24.3 Å². The molecule has 0 heterocycles. The van der Waals surface area contributed by atoms with Gasteiger partial charge in [-0.3, -0.25) is 0 Å². The Kier molecular flexibility index (Phi) is 4.31. The Morgan fingerprint density at radius 3 is 2.46 bits per heavy atom. The van der Waals surface area contributed by atoms with Crippen LogP contribution in [0.1, 0.15) is 38.2 Å². The van der Waals surface area contributed by atoms with Crippen LogP contribution in [0.5, 0.6) is 0 Å². The van der Waals surface area contributed by atoms with Crippen molar-refractivity contribution in [1.29, 1.82) is 0 Å². The maximum atomic E-state index is 2.28. The Bertz CT molecular complexity index is 246. The van der Waals surface area contributed by atoms with Gasteiger partial charge in [0.15, 0.2) is 0 Å². The highest BCUT2D eigenvalue weighted by molar-refractivity contribution is 5.19. The fourth-order valence-electron chi connectivity index (χ4n) is 1.38. The quantitative estimate of drug-likeness (QED) is 0.602. The second-order valence-corrected chi connectivity index (χ2v) is 3.43. The smallest absolute Gasteiger partial charge is 0.0156 e. The molecule has 1 aromatic rings. The first-order chi connectivity index (χ1) is 6.34. The molecule has 0 radical (unpaired) electrons. The molecule has 70 valence electrons. The summed E-state index contributed by atoms with van der Waals surface area (Å²) in [6.45, 7) is 4.44. The van der Waals surface area contributed by atoms with E-state index in [1.807, 2.05) is 0 Å². The van der Waals surface area contributed by atoms with Crippen molar-refractivity contribution >= 4 is 0 Å². The van der Waals surface area contributed by atoms with E-state index in [-0.39, 0.29) is 0 Å². The minimum absolute atomic E-state index is 0.643. The zero-order valence-electron chi connectivity index (χ0n) is 8.53. The van der Waals surface area contributed by atoms with E-state index in [2.05, 4.69) is 56.3 Å². The van der Waals surface area contributed by atoms with Crippen LogP contribution < -0.4 is 0 Å². The van der Waals surface area contributed by atoms with Crippen molar-refractivity contribution in [1.82, 2.24) is 0 Å². The third kappa shape index (κ3) is 3.45. The summed E-state index contributed by atoms with van der Waals surface area (Å²) in [5.41, 5.74) is 1.43. The number of hydrogen-bond acceptors (Lipinski definition) is 0. The van der Waals surface area contributed by atoms with Gasteiger partial charge in [-0.25, -0.2) is 0 Å². The van der Waals surface area contributed by atoms with E-state index in [0.29, 0.717) is 5.92 Å². The highest BCUT2D eigenvalue weighted by Gasteiger charge is 2.00. The van der Waals surface area contributed by atoms with Gasteiger partial charge >= 0.3 is 0 Å². The molecule has 0 aliphatic rings. The van der Waals surface area contributed by atoms with Gasteiger partial charge in [0.25, 0.3) is 0 Å². The van der Waals surface area contributed by atoms with Gasteiger partial charge in [-0.1, -0.05) is 56.3 Å². The highest BCUT2D eigenvalue weighted by Crippen LogP contribution is 2.18. The highest BCUT2D eigenvalue weighted by atomic mass is 14.1. The van der Waals surface area contributed by atoms with E-state index in [1.54, 1.807) is 0 Å². The summed E-state index contributed by atoms with van der Waals surface area (Å²) in [6, 6.07) is 10.7. The average molecular weight is 174 g/mol. The lowest BCUT2D eigenvalue weighted by Gasteiger charge is -2.07. The van der Waals surface area contributed by atoms with E-state index in [0.717, 1.165) is 12.8 Å². The van der Waals surface area contributed by atoms with E-state index in [1.165, 1.54) is 5.56 Å². The van der Waals surface area contributed by atoms with Crippen LogP contribution >= 0.6 is 0 Å². The molecular weight excluding hydrogens is 156 g/mol. The van der Waals surface area contributed by atoms with Gasteiger partial charge < -0.3 is 0 Å². The molecule has 0 aliphatic carbocycles. The molecule has 1 aromatic carbocycles. The van der Waals surface area contributed by atoms with Gasteiger partial charge in [-0.2, -0.15) is 0 Å². The first-order valence-corrected chi connectivity index (χ1v) is 5.04. The zero-order chi connectivity index (χ0) is 9.52. The molecule has 0 aliphatic heterocycles. The average Bonchev–Trinajstić information content (AvgIpc) is 2.19. The van der Waals surface area contributed by atoms with Crippen LogP contribution in [0.25, 0.3) is 0 Å². The molecule has 0 spiro atoms. The normalized spacial score (nSPS) is 13.4. The molecule has 0 bridgehead atoms. The largest absolute Gasteiger partial charge is 0.0888 e. The number of allylic oxidation sites excluding steroid dienone is 2. The molecule has 0 amide bonds. The fraction of sp³-hybridized carbons (Fsp3) is 0.385. The lowest BCUT2D eigenvalue weighted by atomic mass is 9.98. The fourth-order valence-corrected chi connectivity index (χ4v) is 1.38. The SMILES string of the molecule is CC/C=C\CC(C)c1ccccc1. The summed E-state index contributed by atoms with van der Waals surface area (Å²) in [5, 5.41) is 0. The van der Waals surface area contributed by atoms with E-state index in [4.69, 9.17) is 0 Å². The van der Waals surface area contributed by atoms with Crippen molar-refractivity contribution < 1.29 is 0 Å². The Morgan fingerprint density at radius 2 is 1.85 bits per heavy atom. The molecule has 13 heavy (non-hydrogen) atoms. The van der Waals surface area contributed by atoms with Gasteiger partial charge in [0.2, 0.25) is 0 Å². The molecule has 0 heteroatoms. The Balaban J connectivity index is 2.49. The van der Waals surface area contributed by atoms with Crippen molar-refractivity contribution in [2.24, 2.45) is 0 Å². The first kappa shape index (κ1) is 10.0. The van der Waals surface area contributed by atoms with Crippen LogP contribution in [0.3, 0.4) is 0 Å². The maximum Gasteiger partial charge on any atom is -0.0156 e. The van der Waals surface area contributed by atoms with Gasteiger partial charge in [0, 0.05) is 0 Å². The van der Waals surface area contributed by atoms with E-state index < -0.39 is 0 Å². The van der Waals surface area contributed by atoms with Crippen LogP contribution in [0.2, 0.25) is 0 Å². The van der Waals surface area contributed by atoms with Crippen LogP contribution in [-0.4, -0.2) is 0 Å². The summed E-state index contributed by atoms with van der Waals surface area (Å²) in [5.74, 6) is 0.643. The summed E-state index contributed by atoms with van der Waals surface area (Å²) < 4.78 is 0. The number of rotatable bonds is 4. The van der Waals surface area contributed by atoms with Crippen molar-refractivity contribution in [3.05, 3.63) is 48.0 Å². The predicted octanol–water partition coefficient (Wildman–Crippen LogP) is 4.15. The molecule has 0 saturated heterocycles. The van der Waals surface area contributed by atoms with Crippen molar-refractivity contribution in [3.63, 3.8) is 0 Å². The molecule has 0 nitrogen and oxygen atoms in total. The van der Waals surface area contributed by atoms with Gasteiger partial charge in [0.05, 0.1) is 0 Å². The maximum absolute atomic E-state index is 2.28. The number of hydrogen-bond donors (Lipinski definition) is 0. The zero-order valence-corrected chi connectivity index (χ0v) is 8.53. The lowest BCUT2D eigenvalue weighted by molar-refractivity contribution is 0.778. The number of benzene rings is 1. The molecule has 0 fully saturated rings. The summed E-state index contributed by atoms with van der Waals surface area (Å²) in [7, 11) is 0. The third-order valence-corrected chi connectivity index (χ3v) is 2.26. The molecule has 1 rings (SSSR count). The van der Waals surface area contributed by atoms with Gasteiger partial charge in [-0.15, -0.1) is 0 Å². The van der Waals surface area contributed by atoms with Crippen molar-refractivity contribution in [2.75, 3.05) is 0 Å². The molecule has 1 atom stereocenters. The first-order valence-electron chi connectivity index (χ1n) is 5.04. The van der Waals surface area contributed by atoms with Crippen LogP contribution in [0.4, 0.5) is 0 Å². The minimum Gasteiger partial charge on any atom is -0.0888 e. The molecule has 0 N–H and O–H groups in total. The summed E-state index contributed by atoms with van der Waals surface area (Å²) >= 11 is 0. The van der Waals surface area contributed by atoms with Gasteiger partial charge in [0.1, 0.15) is 0 Å². The predicted molar refractivity (Wildman–Crippen MR) is 58.9 cm³/mol. The monoisotopic (exact) mass is 174 g/mol. The second kappa shape index (κ2) is 5.58. The minimum atomic E-state index is 0.643. The molecule has 0 saturated carbocycles. The Morgan fingerprint density at radius 1 is 1.15 bits per heavy atom. The second-order valence-electron chi connectivity index (χ2n) is 3.43. The molecular formula is C13H18. The molecule has 1 unspecified atom stereocenters. The van der Waals surface area contributed by atoms with Crippen molar-refractivity contribution in [2.45, 2.75) is 32.6 Å².